The summed E-state index contributed by atoms with van der Waals surface area (Å²) in [7, 11) is 3.58. The summed E-state index contributed by atoms with van der Waals surface area (Å²) in [6.07, 6.45) is 5.68. The van der Waals surface area contributed by atoms with Crippen molar-refractivity contribution in [3.63, 3.8) is 0 Å². The number of hydrogen-bond donors (Lipinski definition) is 0. The monoisotopic (exact) mass is 101 g/mol. The van der Waals surface area contributed by atoms with E-state index in [1.807, 2.05) is 0 Å². The highest BCUT2D eigenvalue weighted by Crippen LogP contribution is 2.24. The molecule has 0 bridgehead atoms. The molecule has 1 aliphatic rings. The first-order valence-corrected chi connectivity index (χ1v) is 3.18. The fourth-order valence-corrected chi connectivity index (χ4v) is 1.33. The standard InChI is InChI=1S/C5H10P/c6-5-3-1-2-4-5/h5-6H,1-4H2/q-1. The Labute approximate surface area is 41.5 Å². The first kappa shape index (κ1) is 4.59. The quantitative estimate of drug-likeness (QED) is 0.410. The van der Waals surface area contributed by atoms with Gasteiger partial charge in [-0.2, -0.15) is 5.66 Å². The minimum Gasteiger partial charge on any atom is -0.555 e. The lowest BCUT2D eigenvalue weighted by atomic mass is 10.4. The SMILES string of the molecule is [PH-]C1CCCC1. The second kappa shape index (κ2) is 1.93. The molecule has 0 amide bonds. The Balaban J connectivity index is 2.18. The first-order chi connectivity index (χ1) is 2.89. The highest BCUT2D eigenvalue weighted by atomic mass is 31.0. The Morgan fingerprint density at radius 2 is 1.67 bits per heavy atom. The van der Waals surface area contributed by atoms with Gasteiger partial charge in [0, 0.05) is 0 Å². The van der Waals surface area contributed by atoms with Crippen LogP contribution in [0.3, 0.4) is 0 Å². The zero-order valence-electron chi connectivity index (χ0n) is 3.91. The molecule has 0 atom stereocenters. The molecule has 0 saturated heterocycles. The maximum absolute atomic E-state index is 3.58. The molecular weight excluding hydrogens is 91.0 g/mol. The lowest BCUT2D eigenvalue weighted by Crippen LogP contribution is -1.81. The third-order valence-electron chi connectivity index (χ3n) is 1.36. The first-order valence-electron chi connectivity index (χ1n) is 2.61. The average Bonchev–Trinajstić information content (AvgIpc) is 1.86. The van der Waals surface area contributed by atoms with E-state index in [9.17, 15) is 0 Å². The van der Waals surface area contributed by atoms with Gasteiger partial charge in [-0.3, -0.25) is 0 Å². The van der Waals surface area contributed by atoms with Gasteiger partial charge in [-0.05, 0) is 0 Å². The molecule has 1 heteroatoms. The van der Waals surface area contributed by atoms with Gasteiger partial charge >= 0.3 is 0 Å². The van der Waals surface area contributed by atoms with Crippen molar-refractivity contribution < 1.29 is 0 Å². The van der Waals surface area contributed by atoms with E-state index >= 15 is 0 Å². The Hall–Kier alpha value is 0.430. The Morgan fingerprint density at radius 1 is 1.17 bits per heavy atom. The van der Waals surface area contributed by atoms with Crippen molar-refractivity contribution >= 4 is 9.24 Å². The molecule has 0 radical (unpaired) electrons. The second-order valence-corrected chi connectivity index (χ2v) is 2.80. The molecule has 0 nitrogen and oxygen atoms in total. The molecule has 1 fully saturated rings. The normalized spacial score (nSPS) is 25.5. The fourth-order valence-electron chi connectivity index (χ4n) is 0.926. The Morgan fingerprint density at radius 3 is 1.83 bits per heavy atom. The smallest absolute Gasteiger partial charge is 0.0554 e. The summed E-state index contributed by atoms with van der Waals surface area (Å²) in [6.45, 7) is 0. The molecule has 1 saturated carbocycles. The van der Waals surface area contributed by atoms with Crippen LogP contribution in [0.5, 0.6) is 0 Å². The van der Waals surface area contributed by atoms with Crippen LogP contribution < -0.4 is 0 Å². The van der Waals surface area contributed by atoms with E-state index in [4.69, 9.17) is 0 Å². The maximum Gasteiger partial charge on any atom is -0.0554 e. The highest BCUT2D eigenvalue weighted by Gasteiger charge is 2.00. The van der Waals surface area contributed by atoms with Gasteiger partial charge in [0.05, 0.1) is 0 Å². The molecule has 1 aliphatic carbocycles. The van der Waals surface area contributed by atoms with Crippen molar-refractivity contribution in [1.82, 2.24) is 0 Å². The molecule has 0 aliphatic heterocycles. The van der Waals surface area contributed by atoms with Gasteiger partial charge in [0.2, 0.25) is 0 Å². The maximum atomic E-state index is 3.58. The molecule has 1 rings (SSSR count). The topological polar surface area (TPSA) is 0 Å². The van der Waals surface area contributed by atoms with Crippen LogP contribution in [-0.4, -0.2) is 5.66 Å². The van der Waals surface area contributed by atoms with Crippen molar-refractivity contribution in [3.8, 4) is 0 Å². The van der Waals surface area contributed by atoms with E-state index in [-0.39, 0.29) is 0 Å². The van der Waals surface area contributed by atoms with Gasteiger partial charge in [0.25, 0.3) is 0 Å². The molecule has 0 aromatic rings. The van der Waals surface area contributed by atoms with E-state index in [2.05, 4.69) is 9.24 Å². The molecule has 36 valence electrons. The fraction of sp³-hybridized carbons (Fsp3) is 1.00. The van der Waals surface area contributed by atoms with E-state index < -0.39 is 0 Å². The molecule has 0 spiro atoms. The summed E-state index contributed by atoms with van der Waals surface area (Å²) in [5, 5.41) is 0. The second-order valence-electron chi connectivity index (χ2n) is 1.98. The summed E-state index contributed by atoms with van der Waals surface area (Å²) >= 11 is 0. The van der Waals surface area contributed by atoms with E-state index in [0.29, 0.717) is 0 Å². The molecule has 0 aromatic carbocycles. The molecule has 0 aromatic heterocycles. The number of rotatable bonds is 0. The lowest BCUT2D eigenvalue weighted by molar-refractivity contribution is 0.886. The molecule has 0 N–H and O–H groups in total. The summed E-state index contributed by atoms with van der Waals surface area (Å²) < 4.78 is 0. The summed E-state index contributed by atoms with van der Waals surface area (Å²) in [5.74, 6) is 0. The summed E-state index contributed by atoms with van der Waals surface area (Å²) in [5.41, 5.74) is 0.852. The Bertz CT molecular complexity index is 37.2. The van der Waals surface area contributed by atoms with Gasteiger partial charge < -0.3 is 9.24 Å². The van der Waals surface area contributed by atoms with Crippen LogP contribution in [0.1, 0.15) is 25.7 Å². The van der Waals surface area contributed by atoms with Crippen LogP contribution in [0, 0.1) is 0 Å². The predicted molar refractivity (Wildman–Crippen MR) is 30.6 cm³/mol. The zero-order valence-corrected chi connectivity index (χ0v) is 4.91. The van der Waals surface area contributed by atoms with Gasteiger partial charge in [-0.25, -0.2) is 0 Å². The van der Waals surface area contributed by atoms with E-state index in [1.165, 1.54) is 25.7 Å². The van der Waals surface area contributed by atoms with Crippen LogP contribution >= 0.6 is 9.24 Å². The largest absolute Gasteiger partial charge is 0.555 e. The third-order valence-corrected chi connectivity index (χ3v) is 1.93. The average molecular weight is 101 g/mol. The minimum absolute atomic E-state index is 0.852. The van der Waals surface area contributed by atoms with Crippen molar-refractivity contribution in [2.24, 2.45) is 0 Å². The highest BCUT2D eigenvalue weighted by molar-refractivity contribution is 7.17. The van der Waals surface area contributed by atoms with Crippen LogP contribution in [0.15, 0.2) is 0 Å². The van der Waals surface area contributed by atoms with Gasteiger partial charge in [0.15, 0.2) is 0 Å². The van der Waals surface area contributed by atoms with Crippen molar-refractivity contribution in [2.75, 3.05) is 0 Å². The van der Waals surface area contributed by atoms with E-state index in [0.717, 1.165) is 5.66 Å². The third kappa shape index (κ3) is 0.944. The zero-order chi connectivity index (χ0) is 4.41. The van der Waals surface area contributed by atoms with Crippen molar-refractivity contribution in [2.45, 2.75) is 31.3 Å². The molecule has 0 unspecified atom stereocenters. The van der Waals surface area contributed by atoms with Gasteiger partial charge in [-0.15, -0.1) is 0 Å². The van der Waals surface area contributed by atoms with E-state index in [1.54, 1.807) is 0 Å². The van der Waals surface area contributed by atoms with Crippen molar-refractivity contribution in [1.29, 1.82) is 0 Å². The Kier molecular flexibility index (Phi) is 1.48. The molecule has 6 heavy (non-hydrogen) atoms. The van der Waals surface area contributed by atoms with Crippen molar-refractivity contribution in [3.05, 3.63) is 0 Å². The number of hydrogen-bond acceptors (Lipinski definition) is 0. The van der Waals surface area contributed by atoms with Crippen LogP contribution in [-0.2, 0) is 0 Å². The minimum atomic E-state index is 0.852. The summed E-state index contributed by atoms with van der Waals surface area (Å²) in [4.78, 5) is 0. The predicted octanol–water partition coefficient (Wildman–Crippen LogP) is 2.07. The lowest BCUT2D eigenvalue weighted by Gasteiger charge is -2.05. The van der Waals surface area contributed by atoms with Crippen LogP contribution in [0.2, 0.25) is 0 Å². The van der Waals surface area contributed by atoms with Gasteiger partial charge in [-0.1, -0.05) is 25.7 Å². The summed E-state index contributed by atoms with van der Waals surface area (Å²) in [6, 6.07) is 0. The molecular formula is C5H10P-. The van der Waals surface area contributed by atoms with Crippen LogP contribution in [0.4, 0.5) is 0 Å². The van der Waals surface area contributed by atoms with Crippen LogP contribution in [0.25, 0.3) is 0 Å². The molecule has 0 heterocycles. The van der Waals surface area contributed by atoms with Gasteiger partial charge in [0.1, 0.15) is 0 Å².